The van der Waals surface area contributed by atoms with Crippen molar-refractivity contribution in [3.63, 3.8) is 0 Å². The molecule has 1 aliphatic heterocycles. The fourth-order valence-corrected chi connectivity index (χ4v) is 13.3. The number of aliphatic hydroxyl groups excluding tert-OH is 1. The fourth-order valence-electron chi connectivity index (χ4n) is 13.3. The second-order valence-corrected chi connectivity index (χ2v) is 24.7. The smallest absolute Gasteiger partial charge is 0.253 e. The third-order valence-electron chi connectivity index (χ3n) is 18.3. The first-order valence-electron chi connectivity index (χ1n) is 31.0. The summed E-state index contributed by atoms with van der Waals surface area (Å²) in [6.45, 7) is 20.2. The van der Waals surface area contributed by atoms with Crippen LogP contribution in [0, 0.1) is 41.5 Å². The summed E-state index contributed by atoms with van der Waals surface area (Å²) in [4.78, 5) is 90.5. The van der Waals surface area contributed by atoms with Crippen molar-refractivity contribution in [3.8, 4) is 22.3 Å². The highest BCUT2D eigenvalue weighted by Crippen LogP contribution is 2.38. The normalized spacial score (nSPS) is 18.9. The van der Waals surface area contributed by atoms with Crippen molar-refractivity contribution in [2.75, 3.05) is 64.2 Å². The molecule has 9 rings (SSSR count). The van der Waals surface area contributed by atoms with Gasteiger partial charge in [-0.15, -0.1) is 0 Å². The summed E-state index contributed by atoms with van der Waals surface area (Å²) in [6, 6.07) is 21.7. The number of anilines is 2. The number of hydrogen-bond acceptors (Lipinski definition) is 13. The highest BCUT2D eigenvalue weighted by Gasteiger charge is 2.31. The van der Waals surface area contributed by atoms with Gasteiger partial charge < -0.3 is 45.3 Å². The number of pyridine rings is 4. The fraction of sp³-hybridized carbons (Fsp3) is 0.493. The molecule has 17 nitrogen and oxygen atoms in total. The monoisotopic (exact) mass is 1170 g/mol. The number of nitrogens with zero attached hydrogens (tertiary/aromatic N) is 7. The molecular formula is C69H93N11O6. The van der Waals surface area contributed by atoms with Crippen LogP contribution in [0.5, 0.6) is 0 Å². The van der Waals surface area contributed by atoms with Gasteiger partial charge in [0.05, 0.1) is 11.8 Å². The van der Waals surface area contributed by atoms with E-state index in [1.165, 1.54) is 0 Å². The number of carbonyl (C=O) groups is 3. The number of aromatic nitrogens is 4. The Morgan fingerprint density at radius 3 is 1.42 bits per heavy atom. The maximum Gasteiger partial charge on any atom is 0.253 e. The Labute approximate surface area is 509 Å². The lowest BCUT2D eigenvalue weighted by Crippen LogP contribution is -2.42. The number of aromatic amines is 2. The van der Waals surface area contributed by atoms with E-state index in [2.05, 4.69) is 116 Å². The first kappa shape index (κ1) is 64.7. The molecule has 86 heavy (non-hydrogen) atoms. The molecule has 2 saturated carbocycles. The average molecular weight is 1170 g/mol. The van der Waals surface area contributed by atoms with E-state index in [1.54, 1.807) is 12.3 Å². The Balaban J connectivity index is 0.000000226. The minimum Gasteiger partial charge on any atom is -0.392 e. The van der Waals surface area contributed by atoms with Crippen LogP contribution < -0.4 is 31.6 Å². The zero-order chi connectivity index (χ0) is 61.9. The van der Waals surface area contributed by atoms with Gasteiger partial charge in [-0.3, -0.25) is 38.8 Å². The van der Waals surface area contributed by atoms with Gasteiger partial charge in [-0.2, -0.15) is 0 Å². The van der Waals surface area contributed by atoms with Crippen LogP contribution in [-0.4, -0.2) is 142 Å². The van der Waals surface area contributed by atoms with Crippen molar-refractivity contribution in [1.29, 1.82) is 0 Å². The molecule has 1 saturated heterocycles. The molecule has 17 heteroatoms. The van der Waals surface area contributed by atoms with Crippen molar-refractivity contribution in [1.82, 2.24) is 45.3 Å². The largest absolute Gasteiger partial charge is 0.392 e. The SMILES string of the molecule is CCN(c1cc(-c2ccc(C=O)nc2)cc(C(=O)NCc2c(C)cc(C)[nH]c2=O)c1C)C1CCC(N(C)C)CC1.CCN(c1cc(-c2ccc(CN3CCC[C@H](O)C3)nc2)cc(C(=O)NCc2c(C)cc(C)[nH]c2=O)c1C)C1CCC(N(C)C)CC1. The van der Waals surface area contributed by atoms with Gasteiger partial charge in [0, 0.05) is 132 Å². The molecule has 5 N–H and O–H groups in total. The Kier molecular flexibility index (Phi) is 22.1. The molecule has 2 aliphatic carbocycles. The molecule has 6 aromatic rings. The van der Waals surface area contributed by atoms with Gasteiger partial charge in [-0.25, -0.2) is 0 Å². The lowest BCUT2D eigenvalue weighted by molar-refractivity contribution is 0.0662. The lowest BCUT2D eigenvalue weighted by atomic mass is 9.88. The van der Waals surface area contributed by atoms with E-state index in [0.717, 1.165) is 163 Å². The standard InChI is InChI=1S/C37H52N6O3.C32H41N5O3/c1-7-43(31-14-12-30(13-15-31)41(5)6)35-19-28(27-10-11-29(38-20-27)22-42-16-8-9-32(44)23-42)18-33(26(35)4)36(45)39-21-34-24(2)17-25(3)40-37(34)46;1-7-37(27-12-10-26(11-13-27)36(5)6)30-16-24(23-8-9-25(19-38)33-17-23)15-28(22(30)4)31(39)34-18-29-20(2)14-21(3)35-32(29)40/h10-11,17-20,30-32,44H,7-9,12-16,21-23H2,1-6H3,(H,39,45)(H,40,46);8-9,14-17,19,26-27H,7,10-13,18H2,1-6H3,(H,34,39)(H,35,40)/t30?,31?,32-;/m0./s1. The van der Waals surface area contributed by atoms with Gasteiger partial charge in [-0.1, -0.05) is 12.1 Å². The van der Waals surface area contributed by atoms with E-state index < -0.39 is 0 Å². The summed E-state index contributed by atoms with van der Waals surface area (Å²) in [7, 11) is 8.64. The number of carbonyl (C=O) groups excluding carboxylic acids is 3. The minimum absolute atomic E-state index is 0.140. The van der Waals surface area contributed by atoms with Gasteiger partial charge in [0.2, 0.25) is 0 Å². The third kappa shape index (κ3) is 15.8. The number of aryl methyl sites for hydroxylation is 4. The highest BCUT2D eigenvalue weighted by atomic mass is 16.3. The van der Waals surface area contributed by atoms with Crippen LogP contribution in [0.25, 0.3) is 22.3 Å². The first-order chi connectivity index (χ1) is 41.2. The summed E-state index contributed by atoms with van der Waals surface area (Å²) in [6.07, 6.45) is 14.9. The molecule has 2 aromatic carbocycles. The number of rotatable bonds is 19. The van der Waals surface area contributed by atoms with E-state index in [0.29, 0.717) is 65.2 Å². The van der Waals surface area contributed by atoms with Gasteiger partial charge in [-0.05, 0) is 236 Å². The van der Waals surface area contributed by atoms with Crippen molar-refractivity contribution in [3.05, 3.63) is 161 Å². The van der Waals surface area contributed by atoms with Crippen LogP contribution >= 0.6 is 0 Å². The van der Waals surface area contributed by atoms with Crippen molar-refractivity contribution < 1.29 is 19.5 Å². The van der Waals surface area contributed by atoms with Crippen LogP contribution in [0.4, 0.5) is 11.4 Å². The zero-order valence-electron chi connectivity index (χ0n) is 53.0. The molecule has 0 bridgehead atoms. The highest BCUT2D eigenvalue weighted by molar-refractivity contribution is 6.00. The molecule has 460 valence electrons. The number of β-amino-alcohol motifs (C(OH)–C–C–N with tert-alkyl or cyclic N) is 1. The van der Waals surface area contributed by atoms with E-state index in [9.17, 15) is 29.1 Å². The summed E-state index contributed by atoms with van der Waals surface area (Å²) in [5.74, 6) is -0.426. The van der Waals surface area contributed by atoms with Gasteiger partial charge in [0.15, 0.2) is 6.29 Å². The van der Waals surface area contributed by atoms with Crippen molar-refractivity contribution >= 4 is 29.5 Å². The molecule has 0 spiro atoms. The van der Waals surface area contributed by atoms with Gasteiger partial charge >= 0.3 is 0 Å². The zero-order valence-corrected chi connectivity index (χ0v) is 53.0. The number of benzene rings is 2. The molecule has 2 amide bonds. The summed E-state index contributed by atoms with van der Waals surface area (Å²) >= 11 is 0. The molecule has 4 aromatic heterocycles. The van der Waals surface area contributed by atoms with Crippen LogP contribution in [0.3, 0.4) is 0 Å². The Morgan fingerprint density at radius 1 is 0.605 bits per heavy atom. The average Bonchev–Trinajstić information content (AvgIpc) is 1.88. The molecule has 3 fully saturated rings. The number of amides is 2. The third-order valence-corrected chi connectivity index (χ3v) is 18.3. The quantitative estimate of drug-likeness (QED) is 0.0480. The van der Waals surface area contributed by atoms with Crippen molar-refractivity contribution in [2.45, 2.75) is 170 Å². The van der Waals surface area contributed by atoms with E-state index in [4.69, 9.17) is 4.98 Å². The topological polar surface area (TPSA) is 203 Å². The van der Waals surface area contributed by atoms with Crippen molar-refractivity contribution in [2.24, 2.45) is 0 Å². The summed E-state index contributed by atoms with van der Waals surface area (Å²) in [5.41, 5.74) is 14.1. The second-order valence-electron chi connectivity index (χ2n) is 24.7. The number of piperidine rings is 1. The maximum absolute atomic E-state index is 13.9. The number of aldehydes is 1. The molecule has 1 atom stereocenters. The second kappa shape index (κ2) is 29.4. The predicted molar refractivity (Wildman–Crippen MR) is 346 cm³/mol. The van der Waals surface area contributed by atoms with Gasteiger partial charge in [0.1, 0.15) is 5.69 Å². The number of nitrogens with one attached hydrogen (secondary N) is 4. The molecule has 0 unspecified atom stereocenters. The molecular weight excluding hydrogens is 1080 g/mol. The predicted octanol–water partition coefficient (Wildman–Crippen LogP) is 9.75. The number of hydrogen-bond donors (Lipinski definition) is 5. The summed E-state index contributed by atoms with van der Waals surface area (Å²) < 4.78 is 0. The number of H-pyrrole nitrogens is 2. The molecule has 0 radical (unpaired) electrons. The lowest BCUT2D eigenvalue weighted by Gasteiger charge is -2.40. The maximum atomic E-state index is 13.9. The number of likely N-dealkylation sites (tertiary alicyclic amines) is 1. The summed E-state index contributed by atoms with van der Waals surface area (Å²) in [5, 5.41) is 16.1. The first-order valence-corrected chi connectivity index (χ1v) is 31.0. The Hall–Kier alpha value is -7.31. The van der Waals surface area contributed by atoms with E-state index in [-0.39, 0.29) is 42.1 Å². The molecule has 3 aliphatic rings. The van der Waals surface area contributed by atoms with E-state index in [1.807, 2.05) is 78.1 Å². The minimum atomic E-state index is -0.267. The van der Waals surface area contributed by atoms with Crippen LogP contribution in [-0.2, 0) is 19.6 Å². The van der Waals surface area contributed by atoms with Crippen LogP contribution in [0.15, 0.2) is 82.6 Å². The Morgan fingerprint density at radius 2 is 1.05 bits per heavy atom. The number of aliphatic hydroxyl groups is 1. The van der Waals surface area contributed by atoms with Crippen LogP contribution in [0.1, 0.15) is 160 Å². The Bertz CT molecular complexity index is 3430. The van der Waals surface area contributed by atoms with E-state index >= 15 is 0 Å². The molecule has 5 heterocycles. The van der Waals surface area contributed by atoms with Gasteiger partial charge in [0.25, 0.3) is 22.9 Å². The van der Waals surface area contributed by atoms with Crippen LogP contribution in [0.2, 0.25) is 0 Å².